The first kappa shape index (κ1) is 20.9. The van der Waals surface area contributed by atoms with Gasteiger partial charge in [0.2, 0.25) is 0 Å². The molecule has 3 aromatic carbocycles. The van der Waals surface area contributed by atoms with Crippen LogP contribution in [-0.4, -0.2) is 14.3 Å². The largest absolute Gasteiger partial charge is 0.322 e. The maximum Gasteiger partial charge on any atom is 0.261 e. The molecule has 0 unspecified atom stereocenters. The first-order valence-corrected chi connectivity index (χ1v) is 10.8. The first-order valence-electron chi connectivity index (χ1n) is 8.93. The van der Waals surface area contributed by atoms with Gasteiger partial charge < -0.3 is 5.32 Å². The summed E-state index contributed by atoms with van der Waals surface area (Å²) in [6.07, 6.45) is 0. The maximum atomic E-state index is 12.6. The Labute approximate surface area is 175 Å². The van der Waals surface area contributed by atoms with Crippen LogP contribution >= 0.6 is 11.6 Å². The van der Waals surface area contributed by atoms with Crippen molar-refractivity contribution in [1.82, 2.24) is 0 Å². The number of anilines is 2. The summed E-state index contributed by atoms with van der Waals surface area (Å²) in [6.45, 7) is 5.50. The van der Waals surface area contributed by atoms with E-state index in [4.69, 9.17) is 11.6 Å². The van der Waals surface area contributed by atoms with Crippen LogP contribution in [0, 0.1) is 20.8 Å². The molecule has 0 saturated carbocycles. The van der Waals surface area contributed by atoms with Crippen LogP contribution in [0.5, 0.6) is 0 Å². The molecular formula is C22H21ClN2O3S. The Hall–Kier alpha value is -2.83. The lowest BCUT2D eigenvalue weighted by atomic mass is 10.1. The monoisotopic (exact) mass is 428 g/mol. The van der Waals surface area contributed by atoms with E-state index in [2.05, 4.69) is 10.0 Å². The zero-order valence-electron chi connectivity index (χ0n) is 16.3. The second-order valence-corrected chi connectivity index (χ2v) is 8.98. The third kappa shape index (κ3) is 4.96. The number of amides is 1. The predicted molar refractivity (Wildman–Crippen MR) is 117 cm³/mol. The highest BCUT2D eigenvalue weighted by molar-refractivity contribution is 7.92. The molecule has 0 aliphatic rings. The Balaban J connectivity index is 1.79. The van der Waals surface area contributed by atoms with Gasteiger partial charge in [-0.15, -0.1) is 0 Å². The van der Waals surface area contributed by atoms with Crippen molar-refractivity contribution in [2.24, 2.45) is 0 Å². The smallest absolute Gasteiger partial charge is 0.261 e. The predicted octanol–water partition coefficient (Wildman–Crippen LogP) is 5.32. The van der Waals surface area contributed by atoms with Crippen molar-refractivity contribution in [3.05, 3.63) is 87.9 Å². The molecule has 0 aliphatic heterocycles. The molecule has 7 heteroatoms. The molecule has 5 nitrogen and oxygen atoms in total. The number of hydrogen-bond acceptors (Lipinski definition) is 3. The number of hydrogen-bond donors (Lipinski definition) is 2. The standard InChI is InChI=1S/C22H21ClN2O3S/c1-14-4-8-19(9-5-14)29(27,28)25-21-10-6-17(12-15(21)2)22(26)24-20-11-7-18(23)13-16(20)3/h4-13,25H,1-3H3,(H,24,26). The van der Waals surface area contributed by atoms with Crippen molar-refractivity contribution in [3.8, 4) is 0 Å². The van der Waals surface area contributed by atoms with Crippen LogP contribution in [0.1, 0.15) is 27.0 Å². The van der Waals surface area contributed by atoms with Crippen molar-refractivity contribution in [2.75, 3.05) is 10.0 Å². The van der Waals surface area contributed by atoms with E-state index in [9.17, 15) is 13.2 Å². The Morgan fingerprint density at radius 2 is 1.45 bits per heavy atom. The van der Waals surface area contributed by atoms with E-state index in [0.29, 0.717) is 27.5 Å². The number of halogens is 1. The SMILES string of the molecule is Cc1ccc(S(=O)(=O)Nc2ccc(C(=O)Nc3ccc(Cl)cc3C)cc2C)cc1. The van der Waals surface area contributed by atoms with Gasteiger partial charge in [0.1, 0.15) is 0 Å². The van der Waals surface area contributed by atoms with E-state index in [1.807, 2.05) is 13.8 Å². The molecule has 0 aromatic heterocycles. The summed E-state index contributed by atoms with van der Waals surface area (Å²) >= 11 is 5.94. The number of sulfonamides is 1. The highest BCUT2D eigenvalue weighted by Gasteiger charge is 2.16. The Kier molecular flexibility index (Phi) is 5.96. The van der Waals surface area contributed by atoms with Crippen LogP contribution in [0.4, 0.5) is 11.4 Å². The number of nitrogens with one attached hydrogen (secondary N) is 2. The summed E-state index contributed by atoms with van der Waals surface area (Å²) in [7, 11) is -3.71. The molecule has 150 valence electrons. The van der Waals surface area contributed by atoms with Crippen molar-refractivity contribution in [2.45, 2.75) is 25.7 Å². The molecule has 2 N–H and O–H groups in total. The molecule has 0 bridgehead atoms. The van der Waals surface area contributed by atoms with Gasteiger partial charge >= 0.3 is 0 Å². The lowest BCUT2D eigenvalue weighted by Gasteiger charge is -2.13. The third-order valence-electron chi connectivity index (χ3n) is 4.50. The molecule has 29 heavy (non-hydrogen) atoms. The van der Waals surface area contributed by atoms with Gasteiger partial charge in [-0.3, -0.25) is 9.52 Å². The number of rotatable bonds is 5. The van der Waals surface area contributed by atoms with Gasteiger partial charge in [-0.1, -0.05) is 29.3 Å². The minimum atomic E-state index is -3.71. The lowest BCUT2D eigenvalue weighted by Crippen LogP contribution is -2.15. The average Bonchev–Trinajstić information content (AvgIpc) is 2.66. The van der Waals surface area contributed by atoms with Gasteiger partial charge in [-0.05, 0) is 80.4 Å². The van der Waals surface area contributed by atoms with Crippen LogP contribution in [0.2, 0.25) is 5.02 Å². The van der Waals surface area contributed by atoms with E-state index in [1.54, 1.807) is 67.6 Å². The van der Waals surface area contributed by atoms with E-state index >= 15 is 0 Å². The highest BCUT2D eigenvalue weighted by atomic mass is 35.5. The maximum absolute atomic E-state index is 12.6. The van der Waals surface area contributed by atoms with E-state index in [0.717, 1.165) is 11.1 Å². The first-order chi connectivity index (χ1) is 13.7. The molecule has 0 spiro atoms. The van der Waals surface area contributed by atoms with Crippen molar-refractivity contribution < 1.29 is 13.2 Å². The zero-order chi connectivity index (χ0) is 21.2. The zero-order valence-corrected chi connectivity index (χ0v) is 17.9. The highest BCUT2D eigenvalue weighted by Crippen LogP contribution is 2.23. The Morgan fingerprint density at radius 3 is 2.07 bits per heavy atom. The fraction of sp³-hybridized carbons (Fsp3) is 0.136. The van der Waals surface area contributed by atoms with E-state index in [1.165, 1.54) is 0 Å². The Morgan fingerprint density at radius 1 is 0.828 bits per heavy atom. The number of benzene rings is 3. The van der Waals surface area contributed by atoms with Crippen molar-refractivity contribution in [1.29, 1.82) is 0 Å². The quantitative estimate of drug-likeness (QED) is 0.577. The third-order valence-corrected chi connectivity index (χ3v) is 6.12. The summed E-state index contributed by atoms with van der Waals surface area (Å²) in [6, 6.07) is 16.6. The molecule has 0 atom stereocenters. The summed E-state index contributed by atoms with van der Waals surface area (Å²) in [5, 5.41) is 3.44. The summed E-state index contributed by atoms with van der Waals surface area (Å²) < 4.78 is 27.8. The molecule has 0 saturated heterocycles. The molecule has 1 amide bonds. The van der Waals surface area contributed by atoms with Gasteiger partial charge in [-0.2, -0.15) is 0 Å². The fourth-order valence-electron chi connectivity index (χ4n) is 2.80. The minimum Gasteiger partial charge on any atom is -0.322 e. The molecular weight excluding hydrogens is 408 g/mol. The fourth-order valence-corrected chi connectivity index (χ4v) is 4.16. The van der Waals surface area contributed by atoms with E-state index in [-0.39, 0.29) is 10.8 Å². The normalized spacial score (nSPS) is 11.2. The number of carbonyl (C=O) groups is 1. The average molecular weight is 429 g/mol. The van der Waals surface area contributed by atoms with Gasteiger partial charge in [0.15, 0.2) is 0 Å². The summed E-state index contributed by atoms with van der Waals surface area (Å²) in [5.74, 6) is -0.286. The van der Waals surface area contributed by atoms with Crippen molar-refractivity contribution in [3.63, 3.8) is 0 Å². The van der Waals surface area contributed by atoms with Crippen LogP contribution < -0.4 is 10.0 Å². The molecule has 3 aromatic rings. The van der Waals surface area contributed by atoms with Crippen LogP contribution in [-0.2, 0) is 10.0 Å². The van der Waals surface area contributed by atoms with Gasteiger partial charge in [0.05, 0.1) is 10.6 Å². The van der Waals surface area contributed by atoms with Gasteiger partial charge in [-0.25, -0.2) is 8.42 Å². The van der Waals surface area contributed by atoms with Crippen LogP contribution in [0.15, 0.2) is 65.6 Å². The minimum absolute atomic E-state index is 0.183. The summed E-state index contributed by atoms with van der Waals surface area (Å²) in [5.41, 5.74) is 3.98. The van der Waals surface area contributed by atoms with E-state index < -0.39 is 10.0 Å². The Bertz CT molecular complexity index is 1170. The van der Waals surface area contributed by atoms with Crippen molar-refractivity contribution >= 4 is 38.9 Å². The molecule has 0 aliphatic carbocycles. The number of aryl methyl sites for hydroxylation is 3. The van der Waals surface area contributed by atoms with Gasteiger partial charge in [0.25, 0.3) is 15.9 Å². The molecule has 0 radical (unpaired) electrons. The molecule has 0 fully saturated rings. The van der Waals surface area contributed by atoms with Crippen LogP contribution in [0.25, 0.3) is 0 Å². The summed E-state index contributed by atoms with van der Waals surface area (Å²) in [4.78, 5) is 12.8. The topological polar surface area (TPSA) is 75.3 Å². The lowest BCUT2D eigenvalue weighted by molar-refractivity contribution is 0.102. The molecule has 3 rings (SSSR count). The second-order valence-electron chi connectivity index (χ2n) is 6.86. The number of carbonyl (C=O) groups excluding carboxylic acids is 1. The second kappa shape index (κ2) is 8.27. The van der Waals surface area contributed by atoms with Crippen LogP contribution in [0.3, 0.4) is 0 Å². The molecule has 0 heterocycles. The van der Waals surface area contributed by atoms with Gasteiger partial charge in [0, 0.05) is 16.3 Å².